The van der Waals surface area contributed by atoms with Crippen molar-refractivity contribution in [3.63, 3.8) is 0 Å². The lowest BCUT2D eigenvalue weighted by atomic mass is 9.49. The zero-order valence-corrected chi connectivity index (χ0v) is 13.3. The fourth-order valence-corrected chi connectivity index (χ4v) is 3.96. The van der Waals surface area contributed by atoms with E-state index < -0.39 is 28.6 Å². The number of hydrogen-bond acceptors (Lipinski definition) is 6. The molecule has 0 aromatic carbocycles. The third-order valence-corrected chi connectivity index (χ3v) is 4.94. The van der Waals surface area contributed by atoms with E-state index >= 15 is 0 Å². The highest BCUT2D eigenvalue weighted by atomic mass is 16.7. The third-order valence-electron chi connectivity index (χ3n) is 4.94. The molecule has 22 heavy (non-hydrogen) atoms. The van der Waals surface area contributed by atoms with E-state index in [0.29, 0.717) is 6.42 Å². The highest BCUT2D eigenvalue weighted by Gasteiger charge is 2.78. The van der Waals surface area contributed by atoms with Crippen LogP contribution < -0.4 is 0 Å². The average Bonchev–Trinajstić information content (AvgIpc) is 2.48. The Morgan fingerprint density at radius 3 is 2.23 bits per heavy atom. The maximum absolute atomic E-state index is 9.87. The minimum absolute atomic E-state index is 0.133. The van der Waals surface area contributed by atoms with Crippen LogP contribution in [-0.2, 0) is 9.47 Å². The molecule has 3 saturated heterocycles. The maximum Gasteiger partial charge on any atom is 0.215 e. The molecule has 4 atom stereocenters. The van der Waals surface area contributed by atoms with Crippen molar-refractivity contribution in [2.24, 2.45) is 22.7 Å². The Bertz CT molecular complexity index is 610. The van der Waals surface area contributed by atoms with Crippen LogP contribution in [0.5, 0.6) is 0 Å². The van der Waals surface area contributed by atoms with Crippen molar-refractivity contribution in [2.45, 2.75) is 52.4 Å². The molecule has 3 aliphatic rings. The maximum atomic E-state index is 9.87. The highest BCUT2D eigenvalue weighted by molar-refractivity contribution is 5.88. The van der Waals surface area contributed by atoms with Gasteiger partial charge in [-0.2, -0.15) is 15.8 Å². The van der Waals surface area contributed by atoms with Gasteiger partial charge < -0.3 is 9.47 Å². The molecular formula is C16H20N4O2. The van der Waals surface area contributed by atoms with Gasteiger partial charge in [-0.1, -0.05) is 27.2 Å². The molecule has 1 N–H and O–H groups in total. The van der Waals surface area contributed by atoms with Crippen LogP contribution in [0.1, 0.15) is 40.5 Å². The summed E-state index contributed by atoms with van der Waals surface area (Å²) in [5, 5.41) is 37.8. The minimum atomic E-state index is -1.69. The van der Waals surface area contributed by atoms with E-state index in [1.807, 2.05) is 20.8 Å². The Morgan fingerprint density at radius 1 is 1.23 bits per heavy atom. The normalized spacial score (nSPS) is 38.7. The Hall–Kier alpha value is -2.10. The lowest BCUT2D eigenvalue weighted by Crippen LogP contribution is -2.75. The van der Waals surface area contributed by atoms with Gasteiger partial charge in [-0.3, -0.25) is 5.41 Å². The Labute approximate surface area is 130 Å². The van der Waals surface area contributed by atoms with Gasteiger partial charge in [0.25, 0.3) is 0 Å². The molecule has 0 aliphatic carbocycles. The van der Waals surface area contributed by atoms with Crippen LogP contribution in [-0.4, -0.2) is 17.8 Å². The van der Waals surface area contributed by atoms with Crippen molar-refractivity contribution in [1.82, 2.24) is 0 Å². The summed E-state index contributed by atoms with van der Waals surface area (Å²) in [6.45, 7) is 7.32. The number of nitrogens with one attached hydrogen (secondary N) is 1. The fraction of sp³-hybridized carbons (Fsp3) is 0.750. The standard InChI is InChI=1S/C16H20N4O2/c1-5-6-11-14(4)21-12(10(2)3)16(9-19,13(20)22-14)15(11,7-17)8-18/h10-12,20H,5-6H2,1-4H3/t11-,12+,14-,16+/m1/s1. The number of ether oxygens (including phenoxy) is 2. The zero-order chi connectivity index (χ0) is 16.8. The molecule has 0 aromatic heterocycles. The van der Waals surface area contributed by atoms with Crippen LogP contribution in [0.2, 0.25) is 0 Å². The second kappa shape index (κ2) is 4.97. The smallest absolute Gasteiger partial charge is 0.215 e. The van der Waals surface area contributed by atoms with Crippen LogP contribution in [0.15, 0.2) is 0 Å². The quantitative estimate of drug-likeness (QED) is 0.860. The first-order valence-electron chi connectivity index (χ1n) is 7.49. The second-order valence-electron chi connectivity index (χ2n) is 6.52. The van der Waals surface area contributed by atoms with Crippen molar-refractivity contribution in [2.75, 3.05) is 0 Å². The van der Waals surface area contributed by atoms with Crippen LogP contribution in [0.3, 0.4) is 0 Å². The monoisotopic (exact) mass is 300 g/mol. The van der Waals surface area contributed by atoms with Gasteiger partial charge in [0.15, 0.2) is 10.8 Å². The molecule has 2 bridgehead atoms. The van der Waals surface area contributed by atoms with E-state index in [4.69, 9.17) is 14.9 Å². The summed E-state index contributed by atoms with van der Waals surface area (Å²) in [5.41, 5.74) is -3.34. The molecule has 0 unspecified atom stereocenters. The number of rotatable bonds is 3. The van der Waals surface area contributed by atoms with E-state index in [9.17, 15) is 15.8 Å². The second-order valence-corrected chi connectivity index (χ2v) is 6.52. The van der Waals surface area contributed by atoms with E-state index in [-0.39, 0.29) is 11.8 Å². The number of nitriles is 3. The Balaban J connectivity index is 2.81. The largest absolute Gasteiger partial charge is 0.448 e. The molecule has 6 heteroatoms. The van der Waals surface area contributed by atoms with Crippen LogP contribution in [0.4, 0.5) is 0 Å². The van der Waals surface area contributed by atoms with E-state index in [0.717, 1.165) is 6.42 Å². The first-order valence-corrected chi connectivity index (χ1v) is 7.49. The average molecular weight is 300 g/mol. The van der Waals surface area contributed by atoms with E-state index in [2.05, 4.69) is 18.2 Å². The lowest BCUT2D eigenvalue weighted by Gasteiger charge is -2.62. The minimum Gasteiger partial charge on any atom is -0.448 e. The van der Waals surface area contributed by atoms with E-state index in [1.54, 1.807) is 6.92 Å². The topological polar surface area (TPSA) is 114 Å². The van der Waals surface area contributed by atoms with Crippen LogP contribution in [0, 0.1) is 62.1 Å². The Kier molecular flexibility index (Phi) is 3.68. The number of nitrogens with zero attached hydrogens (tertiary/aromatic N) is 3. The summed E-state index contributed by atoms with van der Waals surface area (Å²) in [6.07, 6.45) is 0.509. The molecule has 0 saturated carbocycles. The predicted molar refractivity (Wildman–Crippen MR) is 77.0 cm³/mol. The van der Waals surface area contributed by atoms with Crippen LogP contribution in [0.25, 0.3) is 0 Å². The summed E-state index contributed by atoms with van der Waals surface area (Å²) in [6, 6.07) is 6.23. The van der Waals surface area contributed by atoms with Gasteiger partial charge in [0, 0.05) is 6.92 Å². The summed E-state index contributed by atoms with van der Waals surface area (Å²) in [4.78, 5) is 0. The molecule has 3 rings (SSSR count). The van der Waals surface area contributed by atoms with Gasteiger partial charge in [-0.05, 0) is 12.3 Å². The van der Waals surface area contributed by atoms with Gasteiger partial charge in [-0.15, -0.1) is 0 Å². The molecule has 3 fully saturated rings. The molecule has 6 nitrogen and oxygen atoms in total. The van der Waals surface area contributed by atoms with Gasteiger partial charge in [0.05, 0.1) is 30.2 Å². The highest BCUT2D eigenvalue weighted by Crippen LogP contribution is 2.64. The molecule has 3 heterocycles. The van der Waals surface area contributed by atoms with Gasteiger partial charge in [0.1, 0.15) is 0 Å². The summed E-state index contributed by atoms with van der Waals surface area (Å²) in [7, 11) is 0. The summed E-state index contributed by atoms with van der Waals surface area (Å²) >= 11 is 0. The lowest BCUT2D eigenvalue weighted by molar-refractivity contribution is -0.347. The predicted octanol–water partition coefficient (Wildman–Crippen LogP) is 2.72. The van der Waals surface area contributed by atoms with Gasteiger partial charge in [0.2, 0.25) is 11.7 Å². The molecule has 0 aromatic rings. The summed E-state index contributed by atoms with van der Waals surface area (Å²) in [5.74, 6) is -2.26. The molecular weight excluding hydrogens is 280 g/mol. The SMILES string of the molecule is CCC[C@H]1C(C#N)(C#N)[C@]2(C#N)C(=N)O[C@@]1(C)O[C@H]2C(C)C. The van der Waals surface area contributed by atoms with Crippen molar-refractivity contribution in [3.8, 4) is 18.2 Å². The van der Waals surface area contributed by atoms with Crippen LogP contribution >= 0.6 is 0 Å². The molecule has 0 radical (unpaired) electrons. The van der Waals surface area contributed by atoms with Crippen molar-refractivity contribution >= 4 is 5.90 Å². The molecule has 0 amide bonds. The van der Waals surface area contributed by atoms with Gasteiger partial charge >= 0.3 is 0 Å². The summed E-state index contributed by atoms with van der Waals surface area (Å²) < 4.78 is 11.6. The van der Waals surface area contributed by atoms with Crippen molar-refractivity contribution in [1.29, 1.82) is 21.2 Å². The Morgan fingerprint density at radius 2 is 1.82 bits per heavy atom. The third kappa shape index (κ3) is 1.58. The fourth-order valence-electron chi connectivity index (χ4n) is 3.96. The first-order chi connectivity index (χ1) is 10.3. The first kappa shape index (κ1) is 16.3. The molecule has 116 valence electrons. The number of fused-ring (bicyclic) bond motifs is 3. The van der Waals surface area contributed by atoms with Gasteiger partial charge in [-0.25, -0.2) is 0 Å². The zero-order valence-electron chi connectivity index (χ0n) is 13.3. The van der Waals surface area contributed by atoms with Crippen molar-refractivity contribution in [3.05, 3.63) is 0 Å². The molecule has 3 aliphatic heterocycles. The van der Waals surface area contributed by atoms with Crippen molar-refractivity contribution < 1.29 is 9.47 Å². The molecule has 0 spiro atoms. The number of hydrogen-bond donors (Lipinski definition) is 1. The van der Waals surface area contributed by atoms with E-state index in [1.165, 1.54) is 0 Å².